The van der Waals surface area contributed by atoms with Gasteiger partial charge in [0.2, 0.25) is 0 Å². The predicted octanol–water partition coefficient (Wildman–Crippen LogP) is 2.77. The highest BCUT2D eigenvalue weighted by molar-refractivity contribution is 9.11. The van der Waals surface area contributed by atoms with Crippen molar-refractivity contribution in [2.45, 2.75) is 17.6 Å². The molecule has 2 N–H and O–H groups in total. The lowest BCUT2D eigenvalue weighted by atomic mass is 9.88. The fraction of sp³-hybridized carbons (Fsp3) is 0.636. The summed E-state index contributed by atoms with van der Waals surface area (Å²) in [7, 11) is -3.45. The number of rotatable bonds is 3. The third-order valence-electron chi connectivity index (χ3n) is 3.60. The first-order valence-electron chi connectivity index (χ1n) is 6.01. The molecule has 0 saturated carbocycles. The Kier molecular flexibility index (Phi) is 4.96. The smallest absolute Gasteiger partial charge is 0.252 e. The zero-order chi connectivity index (χ0) is 14.2. The topological polar surface area (TPSA) is 63.4 Å². The molecule has 2 unspecified atom stereocenters. The lowest BCUT2D eigenvalue weighted by Crippen LogP contribution is -2.45. The molecule has 19 heavy (non-hydrogen) atoms. The molecule has 1 aromatic rings. The van der Waals surface area contributed by atoms with Gasteiger partial charge < -0.3 is 5.73 Å². The Morgan fingerprint density at radius 3 is 2.84 bits per heavy atom. The molecule has 1 fully saturated rings. The number of piperidine rings is 1. The summed E-state index contributed by atoms with van der Waals surface area (Å²) in [5.74, 6) is 0.692. The highest BCUT2D eigenvalue weighted by Gasteiger charge is 2.34. The van der Waals surface area contributed by atoms with Crippen LogP contribution in [-0.2, 0) is 10.0 Å². The first kappa shape index (κ1) is 15.7. The third kappa shape index (κ3) is 3.16. The van der Waals surface area contributed by atoms with Gasteiger partial charge in [-0.2, -0.15) is 4.31 Å². The second-order valence-corrected chi connectivity index (χ2v) is 9.75. The standard InChI is InChI=1S/C11H16BrClN2O2S2/c1-7-2-3-15(6-8(7)5-14)19(16,17)10-4-9(13)11(12)18-10/h4,7-8H,2-3,5-6,14H2,1H3. The normalized spacial score (nSPS) is 25.7. The highest BCUT2D eigenvalue weighted by Crippen LogP contribution is 2.37. The molecule has 1 aromatic heterocycles. The van der Waals surface area contributed by atoms with Crippen molar-refractivity contribution in [3.05, 3.63) is 14.9 Å². The van der Waals surface area contributed by atoms with E-state index in [1.54, 1.807) is 0 Å². The van der Waals surface area contributed by atoms with Gasteiger partial charge in [0.1, 0.15) is 4.21 Å². The van der Waals surface area contributed by atoms with E-state index in [0.717, 1.165) is 17.8 Å². The molecule has 0 aromatic carbocycles. The summed E-state index contributed by atoms with van der Waals surface area (Å²) >= 11 is 10.3. The van der Waals surface area contributed by atoms with Crippen LogP contribution >= 0.6 is 38.9 Å². The van der Waals surface area contributed by atoms with Crippen LogP contribution in [0.15, 0.2) is 14.1 Å². The zero-order valence-corrected chi connectivity index (χ0v) is 14.4. The van der Waals surface area contributed by atoms with Gasteiger partial charge in [0.25, 0.3) is 10.0 Å². The average molecular weight is 388 g/mol. The van der Waals surface area contributed by atoms with E-state index in [4.69, 9.17) is 17.3 Å². The zero-order valence-electron chi connectivity index (χ0n) is 10.5. The SMILES string of the molecule is CC1CCN(S(=O)(=O)c2cc(Cl)c(Br)s2)CC1CN. The van der Waals surface area contributed by atoms with Crippen LogP contribution in [0.5, 0.6) is 0 Å². The second kappa shape index (κ2) is 5.99. The van der Waals surface area contributed by atoms with E-state index in [0.29, 0.717) is 34.4 Å². The van der Waals surface area contributed by atoms with Gasteiger partial charge in [0.05, 0.1) is 8.81 Å². The predicted molar refractivity (Wildman–Crippen MR) is 82.1 cm³/mol. The molecule has 0 amide bonds. The lowest BCUT2D eigenvalue weighted by Gasteiger charge is -2.35. The van der Waals surface area contributed by atoms with Crippen molar-refractivity contribution in [3.8, 4) is 0 Å². The Morgan fingerprint density at radius 2 is 2.32 bits per heavy atom. The molecule has 0 aliphatic carbocycles. The molecule has 8 heteroatoms. The summed E-state index contributed by atoms with van der Waals surface area (Å²) in [6.45, 7) is 3.68. The minimum absolute atomic E-state index is 0.224. The van der Waals surface area contributed by atoms with Crippen molar-refractivity contribution in [1.82, 2.24) is 4.31 Å². The average Bonchev–Trinajstić information content (AvgIpc) is 2.70. The van der Waals surface area contributed by atoms with Gasteiger partial charge in [-0.25, -0.2) is 8.42 Å². The molecule has 0 bridgehead atoms. The number of hydrogen-bond acceptors (Lipinski definition) is 4. The van der Waals surface area contributed by atoms with Crippen LogP contribution in [0.3, 0.4) is 0 Å². The van der Waals surface area contributed by atoms with Gasteiger partial charge in [0, 0.05) is 13.1 Å². The number of thiophene rings is 1. The molecular weight excluding hydrogens is 372 g/mol. The molecule has 1 saturated heterocycles. The molecule has 108 valence electrons. The van der Waals surface area contributed by atoms with Crippen LogP contribution in [0.25, 0.3) is 0 Å². The first-order chi connectivity index (χ1) is 8.86. The Balaban J connectivity index is 2.25. The van der Waals surface area contributed by atoms with Gasteiger partial charge in [-0.05, 0) is 46.8 Å². The fourth-order valence-corrected chi connectivity index (χ4v) is 6.29. The number of halogens is 2. The third-order valence-corrected chi connectivity index (χ3v) is 8.39. The molecule has 1 aliphatic rings. The maximum absolute atomic E-state index is 12.5. The first-order valence-corrected chi connectivity index (χ1v) is 9.44. The largest absolute Gasteiger partial charge is 0.330 e. The van der Waals surface area contributed by atoms with Gasteiger partial charge in [0.15, 0.2) is 0 Å². The van der Waals surface area contributed by atoms with Crippen molar-refractivity contribution < 1.29 is 8.42 Å². The quantitative estimate of drug-likeness (QED) is 0.867. The van der Waals surface area contributed by atoms with Crippen LogP contribution in [0.1, 0.15) is 13.3 Å². The minimum Gasteiger partial charge on any atom is -0.330 e. The summed E-state index contributed by atoms with van der Waals surface area (Å²) in [6, 6.07) is 1.50. The van der Waals surface area contributed by atoms with E-state index < -0.39 is 10.0 Å². The Labute approximate surface area is 131 Å². The summed E-state index contributed by atoms with van der Waals surface area (Å²) in [5.41, 5.74) is 5.72. The summed E-state index contributed by atoms with van der Waals surface area (Å²) in [6.07, 6.45) is 0.849. The maximum atomic E-state index is 12.5. The number of sulfonamides is 1. The minimum atomic E-state index is -3.45. The summed E-state index contributed by atoms with van der Waals surface area (Å²) in [4.78, 5) is 0. The summed E-state index contributed by atoms with van der Waals surface area (Å²) in [5, 5.41) is 0.435. The van der Waals surface area contributed by atoms with Gasteiger partial charge >= 0.3 is 0 Å². The number of hydrogen-bond donors (Lipinski definition) is 1. The van der Waals surface area contributed by atoms with E-state index in [-0.39, 0.29) is 10.1 Å². The Hall–Kier alpha value is 0.340. The van der Waals surface area contributed by atoms with E-state index in [9.17, 15) is 8.42 Å². The van der Waals surface area contributed by atoms with Gasteiger partial charge in [-0.3, -0.25) is 0 Å². The Morgan fingerprint density at radius 1 is 1.63 bits per heavy atom. The second-order valence-electron chi connectivity index (χ2n) is 4.81. The van der Waals surface area contributed by atoms with Gasteiger partial charge in [-0.15, -0.1) is 11.3 Å². The van der Waals surface area contributed by atoms with Crippen molar-refractivity contribution in [3.63, 3.8) is 0 Å². The van der Waals surface area contributed by atoms with Crippen molar-refractivity contribution in [2.75, 3.05) is 19.6 Å². The molecular formula is C11H16BrClN2O2S2. The van der Waals surface area contributed by atoms with E-state index in [1.165, 1.54) is 10.4 Å². The van der Waals surface area contributed by atoms with Crippen LogP contribution in [0.4, 0.5) is 0 Å². The lowest BCUT2D eigenvalue weighted by molar-refractivity contribution is 0.203. The van der Waals surface area contributed by atoms with Crippen LogP contribution in [-0.4, -0.2) is 32.4 Å². The number of nitrogens with two attached hydrogens (primary N) is 1. The maximum Gasteiger partial charge on any atom is 0.252 e. The molecule has 0 radical (unpaired) electrons. The summed E-state index contributed by atoms with van der Waals surface area (Å²) < 4.78 is 27.5. The Bertz CT molecular complexity index is 542. The molecule has 2 atom stereocenters. The molecule has 0 spiro atoms. The van der Waals surface area contributed by atoms with Crippen molar-refractivity contribution in [2.24, 2.45) is 17.6 Å². The van der Waals surface area contributed by atoms with Crippen LogP contribution in [0.2, 0.25) is 5.02 Å². The molecule has 4 nitrogen and oxygen atoms in total. The molecule has 2 heterocycles. The molecule has 2 rings (SSSR count). The monoisotopic (exact) mass is 386 g/mol. The number of nitrogens with zero attached hydrogens (tertiary/aromatic N) is 1. The van der Waals surface area contributed by atoms with E-state index >= 15 is 0 Å². The van der Waals surface area contributed by atoms with Crippen LogP contribution < -0.4 is 5.73 Å². The van der Waals surface area contributed by atoms with Crippen molar-refractivity contribution in [1.29, 1.82) is 0 Å². The fourth-order valence-electron chi connectivity index (χ4n) is 2.22. The van der Waals surface area contributed by atoms with E-state index in [2.05, 4.69) is 22.9 Å². The van der Waals surface area contributed by atoms with Crippen LogP contribution in [0, 0.1) is 11.8 Å². The highest BCUT2D eigenvalue weighted by atomic mass is 79.9. The van der Waals surface area contributed by atoms with Crippen molar-refractivity contribution >= 4 is 48.9 Å². The molecule has 1 aliphatic heterocycles. The van der Waals surface area contributed by atoms with E-state index in [1.807, 2.05) is 0 Å². The van der Waals surface area contributed by atoms with Gasteiger partial charge in [-0.1, -0.05) is 18.5 Å².